The van der Waals surface area contributed by atoms with E-state index in [0.29, 0.717) is 38.6 Å². The Morgan fingerprint density at radius 1 is 0.964 bits per heavy atom. The van der Waals surface area contributed by atoms with Gasteiger partial charge in [-0.15, -0.1) is 0 Å². The minimum atomic E-state index is -0.208. The molecule has 0 bridgehead atoms. The molecular formula is C21H41N5O2. The highest BCUT2D eigenvalue weighted by atomic mass is 16.2. The number of carbonyl (C=O) groups is 2. The highest BCUT2D eigenvalue weighted by Gasteiger charge is 2.37. The van der Waals surface area contributed by atoms with Crippen LogP contribution < -0.4 is 16.8 Å². The van der Waals surface area contributed by atoms with Crippen molar-refractivity contribution >= 4 is 11.8 Å². The fraction of sp³-hybridized carbons (Fsp3) is 0.905. The second-order valence-corrected chi connectivity index (χ2v) is 8.36. The molecule has 7 heteroatoms. The molecule has 1 aliphatic heterocycles. The van der Waals surface area contributed by atoms with E-state index in [9.17, 15) is 9.59 Å². The minimum Gasteiger partial charge on any atom is -0.355 e. The summed E-state index contributed by atoms with van der Waals surface area (Å²) < 4.78 is 0. The average molecular weight is 396 g/mol. The van der Waals surface area contributed by atoms with E-state index in [1.807, 2.05) is 4.90 Å². The molecule has 2 aliphatic rings. The summed E-state index contributed by atoms with van der Waals surface area (Å²) in [5.74, 6) is -0.0355. The molecule has 1 aliphatic carbocycles. The largest absolute Gasteiger partial charge is 0.355 e. The molecule has 0 aromatic carbocycles. The summed E-state index contributed by atoms with van der Waals surface area (Å²) in [5.41, 5.74) is 11.2. The Morgan fingerprint density at radius 3 is 2.11 bits per heavy atom. The monoisotopic (exact) mass is 395 g/mol. The van der Waals surface area contributed by atoms with Gasteiger partial charge in [-0.1, -0.05) is 44.9 Å². The van der Waals surface area contributed by atoms with Crippen molar-refractivity contribution in [3.05, 3.63) is 0 Å². The Bertz CT molecular complexity index is 458. The van der Waals surface area contributed by atoms with Gasteiger partial charge in [0.05, 0.1) is 5.92 Å². The van der Waals surface area contributed by atoms with Crippen molar-refractivity contribution in [1.29, 1.82) is 0 Å². The lowest BCUT2D eigenvalue weighted by atomic mass is 9.96. The predicted molar refractivity (Wildman–Crippen MR) is 113 cm³/mol. The first-order valence-electron chi connectivity index (χ1n) is 11.4. The van der Waals surface area contributed by atoms with Gasteiger partial charge in [-0.25, -0.2) is 0 Å². The number of hydrogen-bond acceptors (Lipinski definition) is 5. The van der Waals surface area contributed by atoms with Crippen molar-refractivity contribution in [3.8, 4) is 0 Å². The zero-order valence-corrected chi connectivity index (χ0v) is 17.5. The number of hydrogen-bond donors (Lipinski definition) is 3. The number of nitrogens with two attached hydrogens (primary N) is 2. The Morgan fingerprint density at radius 2 is 1.54 bits per heavy atom. The first kappa shape index (κ1) is 23.1. The van der Waals surface area contributed by atoms with E-state index < -0.39 is 0 Å². The van der Waals surface area contributed by atoms with Crippen LogP contribution in [0.25, 0.3) is 0 Å². The van der Waals surface area contributed by atoms with E-state index in [4.69, 9.17) is 11.5 Å². The Hall–Kier alpha value is -1.18. The van der Waals surface area contributed by atoms with Gasteiger partial charge < -0.3 is 21.7 Å². The lowest BCUT2D eigenvalue weighted by Gasteiger charge is -2.29. The fourth-order valence-corrected chi connectivity index (χ4v) is 4.54. The molecule has 1 saturated heterocycles. The van der Waals surface area contributed by atoms with Gasteiger partial charge in [0.15, 0.2) is 0 Å². The highest BCUT2D eigenvalue weighted by Crippen LogP contribution is 2.27. The third-order valence-corrected chi connectivity index (χ3v) is 6.16. The third kappa shape index (κ3) is 7.68. The van der Waals surface area contributed by atoms with Crippen LogP contribution in [0, 0.1) is 5.92 Å². The second kappa shape index (κ2) is 13.1. The lowest BCUT2D eigenvalue weighted by molar-refractivity contribution is -0.130. The first-order chi connectivity index (χ1) is 13.7. The van der Waals surface area contributed by atoms with E-state index in [0.717, 1.165) is 32.5 Å². The van der Waals surface area contributed by atoms with Crippen molar-refractivity contribution in [1.82, 2.24) is 15.1 Å². The summed E-state index contributed by atoms with van der Waals surface area (Å²) in [6.45, 7) is 4.64. The maximum atomic E-state index is 12.6. The van der Waals surface area contributed by atoms with Crippen molar-refractivity contribution < 1.29 is 9.59 Å². The number of carbonyl (C=O) groups excluding carboxylic acids is 2. The van der Waals surface area contributed by atoms with Gasteiger partial charge in [-0.3, -0.25) is 14.5 Å². The summed E-state index contributed by atoms with van der Waals surface area (Å²) in [7, 11) is 0. The van der Waals surface area contributed by atoms with Crippen LogP contribution in [0.5, 0.6) is 0 Å². The zero-order valence-electron chi connectivity index (χ0n) is 17.5. The molecule has 0 aromatic heterocycles. The summed E-state index contributed by atoms with van der Waals surface area (Å²) in [5, 5.41) is 3.02. The topological polar surface area (TPSA) is 105 Å². The lowest BCUT2D eigenvalue weighted by Crippen LogP contribution is -2.42. The Kier molecular flexibility index (Phi) is 10.8. The summed E-state index contributed by atoms with van der Waals surface area (Å²) in [4.78, 5) is 29.4. The number of likely N-dealkylation sites (tertiary alicyclic amines) is 1. The standard InChI is InChI=1S/C21H41N5O2/c22-10-13-25(14-11-23)15-12-24-21(28)18-16-20(27)26(17-18)19-8-6-4-2-1-3-5-7-9-19/h18-19H,1-17,22-23H2,(H,24,28). The van der Waals surface area contributed by atoms with Gasteiger partial charge in [-0.2, -0.15) is 0 Å². The summed E-state index contributed by atoms with van der Waals surface area (Å²) in [6.07, 6.45) is 11.5. The molecule has 1 saturated carbocycles. The van der Waals surface area contributed by atoms with E-state index in [2.05, 4.69) is 10.2 Å². The molecule has 2 rings (SSSR count). The van der Waals surface area contributed by atoms with Crippen LogP contribution in [-0.4, -0.2) is 73.5 Å². The van der Waals surface area contributed by atoms with Crippen LogP contribution in [0.1, 0.15) is 64.2 Å². The van der Waals surface area contributed by atoms with Gasteiger partial charge in [0.2, 0.25) is 11.8 Å². The van der Waals surface area contributed by atoms with E-state index in [1.54, 1.807) is 0 Å². The predicted octanol–water partition coefficient (Wildman–Crippen LogP) is 1.06. The molecule has 2 fully saturated rings. The minimum absolute atomic E-state index is 0.0103. The molecular weight excluding hydrogens is 354 g/mol. The zero-order chi connectivity index (χ0) is 20.2. The van der Waals surface area contributed by atoms with Gasteiger partial charge in [0.1, 0.15) is 0 Å². The molecule has 5 N–H and O–H groups in total. The second-order valence-electron chi connectivity index (χ2n) is 8.36. The summed E-state index contributed by atoms with van der Waals surface area (Å²) in [6, 6.07) is 0.327. The van der Waals surface area contributed by atoms with E-state index >= 15 is 0 Å². The molecule has 0 spiro atoms. The third-order valence-electron chi connectivity index (χ3n) is 6.16. The molecule has 28 heavy (non-hydrogen) atoms. The van der Waals surface area contributed by atoms with Gasteiger partial charge in [-0.05, 0) is 12.8 Å². The maximum Gasteiger partial charge on any atom is 0.225 e. The van der Waals surface area contributed by atoms with Crippen LogP contribution in [0.15, 0.2) is 0 Å². The smallest absolute Gasteiger partial charge is 0.225 e. The van der Waals surface area contributed by atoms with Gasteiger partial charge >= 0.3 is 0 Å². The fourth-order valence-electron chi connectivity index (χ4n) is 4.54. The van der Waals surface area contributed by atoms with Crippen molar-refractivity contribution in [3.63, 3.8) is 0 Å². The molecule has 1 heterocycles. The average Bonchev–Trinajstić information content (AvgIpc) is 3.08. The quantitative estimate of drug-likeness (QED) is 0.541. The van der Waals surface area contributed by atoms with E-state index in [-0.39, 0.29) is 17.7 Å². The van der Waals surface area contributed by atoms with E-state index in [1.165, 1.54) is 44.9 Å². The van der Waals surface area contributed by atoms with Crippen molar-refractivity contribution in [2.75, 3.05) is 45.8 Å². The number of nitrogens with zero attached hydrogens (tertiary/aromatic N) is 2. The molecule has 2 amide bonds. The highest BCUT2D eigenvalue weighted by molar-refractivity contribution is 5.89. The van der Waals surface area contributed by atoms with Crippen LogP contribution in [0.2, 0.25) is 0 Å². The van der Waals surface area contributed by atoms with Crippen LogP contribution >= 0.6 is 0 Å². The van der Waals surface area contributed by atoms with Crippen LogP contribution in [-0.2, 0) is 9.59 Å². The normalized spacial score (nSPS) is 22.6. The molecule has 1 unspecified atom stereocenters. The maximum absolute atomic E-state index is 12.6. The Balaban J connectivity index is 1.78. The number of nitrogens with one attached hydrogen (secondary N) is 1. The molecule has 162 valence electrons. The molecule has 7 nitrogen and oxygen atoms in total. The molecule has 0 aromatic rings. The molecule has 0 radical (unpaired) electrons. The number of amides is 2. The van der Waals surface area contributed by atoms with Gasteiger partial charge in [0, 0.05) is 58.3 Å². The van der Waals surface area contributed by atoms with Crippen molar-refractivity contribution in [2.24, 2.45) is 17.4 Å². The molecule has 1 atom stereocenters. The SMILES string of the molecule is NCCN(CCN)CCNC(=O)C1CC(=O)N(C2CCCCCCCCC2)C1. The number of rotatable bonds is 9. The van der Waals surface area contributed by atoms with Crippen LogP contribution in [0.4, 0.5) is 0 Å². The van der Waals surface area contributed by atoms with Crippen LogP contribution in [0.3, 0.4) is 0 Å². The van der Waals surface area contributed by atoms with Crippen molar-refractivity contribution in [2.45, 2.75) is 70.3 Å². The Labute approximate surface area is 170 Å². The summed E-state index contributed by atoms with van der Waals surface area (Å²) >= 11 is 0. The van der Waals surface area contributed by atoms with Gasteiger partial charge in [0.25, 0.3) is 0 Å². The first-order valence-corrected chi connectivity index (χ1v) is 11.4.